The molecular weight excluding hydrogens is 352 g/mol. The number of rotatable bonds is 3. The molecule has 0 unspecified atom stereocenters. The summed E-state index contributed by atoms with van der Waals surface area (Å²) in [5, 5.41) is 2.75. The molecule has 0 aliphatic rings. The summed E-state index contributed by atoms with van der Waals surface area (Å²) in [6.07, 6.45) is -10.6. The van der Waals surface area contributed by atoms with Crippen LogP contribution in [0.4, 0.5) is 37.7 Å². The highest BCUT2D eigenvalue weighted by Crippen LogP contribution is 2.35. The Labute approximate surface area is 128 Å². The van der Waals surface area contributed by atoms with E-state index >= 15 is 0 Å². The van der Waals surface area contributed by atoms with Crippen molar-refractivity contribution in [1.29, 1.82) is 0 Å². The minimum atomic E-state index is -5.42. The molecule has 1 aromatic rings. The molecule has 0 spiro atoms. The number of carbonyl (C=O) groups excluding carboxylic acids is 1. The lowest BCUT2D eigenvalue weighted by Crippen LogP contribution is -2.43. The molecule has 0 atom stereocenters. The molecule has 0 aliphatic carbocycles. The fourth-order valence-electron chi connectivity index (χ4n) is 1.68. The summed E-state index contributed by atoms with van der Waals surface area (Å²) < 4.78 is 75.7. The van der Waals surface area contributed by atoms with Gasteiger partial charge < -0.3 is 9.74 Å². The zero-order valence-electron chi connectivity index (χ0n) is 11.8. The molecule has 14 heteroatoms. The Balaban J connectivity index is 3.82. The van der Waals surface area contributed by atoms with Crippen LogP contribution in [0.3, 0.4) is 0 Å². The van der Waals surface area contributed by atoms with E-state index in [4.69, 9.17) is 5.53 Å². The number of pyridine rings is 1. The second-order valence-corrected chi connectivity index (χ2v) is 4.09. The fourth-order valence-corrected chi connectivity index (χ4v) is 1.68. The number of halogens is 6. The Hall–Kier alpha value is -2.89. The lowest BCUT2D eigenvalue weighted by atomic mass is 10.2. The number of hydrogen-bond acceptors (Lipinski definition) is 4. The SMILES string of the molecule is COn1c(C(F)(F)F)cc(N=[N+]=[N-])c(N(C)C(=O)C(F)(F)F)c1=O. The summed E-state index contributed by atoms with van der Waals surface area (Å²) in [6, 6.07) is 0.0834. The van der Waals surface area contributed by atoms with Crippen LogP contribution in [0.25, 0.3) is 10.4 Å². The van der Waals surface area contributed by atoms with Crippen LogP contribution in [-0.4, -0.2) is 31.0 Å². The Morgan fingerprint density at radius 1 is 1.33 bits per heavy atom. The summed E-state index contributed by atoms with van der Waals surface area (Å²) in [6.45, 7) is 0. The molecule has 0 aromatic carbocycles. The van der Waals surface area contributed by atoms with Crippen molar-refractivity contribution in [3.05, 3.63) is 32.6 Å². The van der Waals surface area contributed by atoms with Gasteiger partial charge in [0.05, 0.1) is 5.69 Å². The second-order valence-electron chi connectivity index (χ2n) is 4.09. The van der Waals surface area contributed by atoms with Gasteiger partial charge in [-0.2, -0.15) is 26.3 Å². The van der Waals surface area contributed by atoms with Crippen molar-refractivity contribution in [3.8, 4) is 0 Å². The van der Waals surface area contributed by atoms with Crippen LogP contribution in [0, 0.1) is 0 Å². The zero-order chi connectivity index (χ0) is 18.9. The average Bonchev–Trinajstić information content (AvgIpc) is 2.44. The predicted octanol–water partition coefficient (Wildman–Crippen LogP) is 2.39. The van der Waals surface area contributed by atoms with E-state index in [9.17, 15) is 35.9 Å². The van der Waals surface area contributed by atoms with E-state index in [0.717, 1.165) is 0 Å². The van der Waals surface area contributed by atoms with E-state index < -0.39 is 40.9 Å². The van der Waals surface area contributed by atoms with Crippen LogP contribution in [0.15, 0.2) is 16.0 Å². The fraction of sp³-hybridized carbons (Fsp3) is 0.400. The summed E-state index contributed by atoms with van der Waals surface area (Å²) in [4.78, 5) is 29.3. The number of alkyl halides is 6. The molecule has 8 nitrogen and oxygen atoms in total. The maximum Gasteiger partial charge on any atom is 0.471 e. The van der Waals surface area contributed by atoms with Gasteiger partial charge in [-0.15, -0.1) is 4.73 Å². The Morgan fingerprint density at radius 2 is 1.88 bits per heavy atom. The van der Waals surface area contributed by atoms with Crippen molar-refractivity contribution in [2.24, 2.45) is 5.11 Å². The zero-order valence-corrected chi connectivity index (χ0v) is 11.8. The number of amides is 1. The predicted molar refractivity (Wildman–Crippen MR) is 66.5 cm³/mol. The standard InChI is InChI=1S/C10H7F6N5O3/c1-20(8(23)10(14,15)16)6-4(18-19-17)3-5(9(11,12)13)21(24-2)7(6)22/h3H,1-2H3. The summed E-state index contributed by atoms with van der Waals surface area (Å²) in [5.74, 6) is -2.56. The topological polar surface area (TPSA) is 100 Å². The summed E-state index contributed by atoms with van der Waals surface area (Å²) >= 11 is 0. The smallest absolute Gasteiger partial charge is 0.413 e. The van der Waals surface area contributed by atoms with Gasteiger partial charge in [-0.3, -0.25) is 9.59 Å². The number of anilines is 1. The van der Waals surface area contributed by atoms with Gasteiger partial charge >= 0.3 is 23.8 Å². The molecule has 1 aromatic heterocycles. The van der Waals surface area contributed by atoms with E-state index in [-0.39, 0.29) is 15.7 Å². The van der Waals surface area contributed by atoms with Crippen molar-refractivity contribution in [2.45, 2.75) is 12.4 Å². The summed E-state index contributed by atoms with van der Waals surface area (Å²) in [5.41, 5.74) is 2.48. The van der Waals surface area contributed by atoms with Crippen molar-refractivity contribution in [2.75, 3.05) is 19.1 Å². The number of carbonyl (C=O) groups is 1. The lowest BCUT2D eigenvalue weighted by molar-refractivity contribution is -0.170. The van der Waals surface area contributed by atoms with E-state index in [1.54, 1.807) is 0 Å². The van der Waals surface area contributed by atoms with Crippen LogP contribution in [0.2, 0.25) is 0 Å². The van der Waals surface area contributed by atoms with Gasteiger partial charge in [0.15, 0.2) is 5.69 Å². The minimum Gasteiger partial charge on any atom is -0.413 e. The van der Waals surface area contributed by atoms with Gasteiger partial charge in [0.25, 0.3) is 0 Å². The molecule has 0 radical (unpaired) electrons. The lowest BCUT2D eigenvalue weighted by Gasteiger charge is -2.22. The van der Waals surface area contributed by atoms with Gasteiger partial charge in [0.2, 0.25) is 0 Å². The first-order valence-corrected chi connectivity index (χ1v) is 5.68. The molecule has 0 aliphatic heterocycles. The maximum absolute atomic E-state index is 12.9. The third-order valence-electron chi connectivity index (χ3n) is 2.63. The maximum atomic E-state index is 12.9. The third kappa shape index (κ3) is 3.53. The van der Waals surface area contributed by atoms with E-state index in [0.29, 0.717) is 14.2 Å². The first-order chi connectivity index (χ1) is 10.9. The van der Waals surface area contributed by atoms with E-state index in [2.05, 4.69) is 14.9 Å². The van der Waals surface area contributed by atoms with Crippen molar-refractivity contribution >= 4 is 17.3 Å². The summed E-state index contributed by atoms with van der Waals surface area (Å²) in [7, 11) is 1.13. The molecule has 0 bridgehead atoms. The molecule has 1 amide bonds. The van der Waals surface area contributed by atoms with Crippen LogP contribution < -0.4 is 15.3 Å². The number of aromatic nitrogens is 1. The largest absolute Gasteiger partial charge is 0.471 e. The van der Waals surface area contributed by atoms with Crippen LogP contribution in [-0.2, 0) is 11.0 Å². The van der Waals surface area contributed by atoms with Crippen molar-refractivity contribution in [3.63, 3.8) is 0 Å². The van der Waals surface area contributed by atoms with Gasteiger partial charge in [0.1, 0.15) is 12.8 Å². The molecular formula is C10H7F6N5O3. The molecule has 0 N–H and O–H groups in total. The molecule has 0 saturated heterocycles. The molecule has 1 rings (SSSR count). The third-order valence-corrected chi connectivity index (χ3v) is 2.63. The molecule has 0 saturated carbocycles. The number of azide groups is 1. The van der Waals surface area contributed by atoms with Crippen molar-refractivity contribution in [1.82, 2.24) is 4.73 Å². The highest BCUT2D eigenvalue weighted by molar-refractivity contribution is 5.98. The highest BCUT2D eigenvalue weighted by atomic mass is 19.4. The Kier molecular flexibility index (Phi) is 5.04. The Morgan fingerprint density at radius 3 is 2.25 bits per heavy atom. The van der Waals surface area contributed by atoms with E-state index in [1.807, 2.05) is 0 Å². The molecule has 24 heavy (non-hydrogen) atoms. The monoisotopic (exact) mass is 359 g/mol. The molecule has 1 heterocycles. The van der Waals surface area contributed by atoms with Crippen LogP contribution in [0.1, 0.15) is 5.69 Å². The number of nitrogens with zero attached hydrogens (tertiary/aromatic N) is 5. The Bertz CT molecular complexity index is 762. The van der Waals surface area contributed by atoms with Gasteiger partial charge in [0, 0.05) is 12.0 Å². The van der Waals surface area contributed by atoms with Gasteiger partial charge in [-0.1, -0.05) is 5.11 Å². The average molecular weight is 359 g/mol. The molecule has 132 valence electrons. The molecule has 0 fully saturated rings. The van der Waals surface area contributed by atoms with Gasteiger partial charge in [-0.25, -0.2) is 0 Å². The second kappa shape index (κ2) is 6.31. The van der Waals surface area contributed by atoms with E-state index in [1.165, 1.54) is 0 Å². The quantitative estimate of drug-likeness (QED) is 0.358. The first kappa shape index (κ1) is 19.2. The van der Waals surface area contributed by atoms with Crippen LogP contribution in [0.5, 0.6) is 0 Å². The highest BCUT2D eigenvalue weighted by Gasteiger charge is 2.44. The van der Waals surface area contributed by atoms with Crippen LogP contribution >= 0.6 is 0 Å². The normalized spacial score (nSPS) is 11.7. The van der Waals surface area contributed by atoms with Crippen molar-refractivity contribution < 1.29 is 36.0 Å². The minimum absolute atomic E-state index is 0.0834. The first-order valence-electron chi connectivity index (χ1n) is 5.68. The van der Waals surface area contributed by atoms with Gasteiger partial charge in [-0.05, 0) is 11.6 Å². The number of hydrogen-bond donors (Lipinski definition) is 0.